The number of fused-ring (bicyclic) bond motifs is 1. The molecule has 144 valence electrons. The summed E-state index contributed by atoms with van der Waals surface area (Å²) in [4.78, 5) is 15.9. The van der Waals surface area contributed by atoms with Gasteiger partial charge >= 0.3 is 0 Å². The normalized spacial score (nSPS) is 17.4. The van der Waals surface area contributed by atoms with E-state index in [1.807, 2.05) is 24.3 Å². The van der Waals surface area contributed by atoms with Crippen molar-refractivity contribution in [1.82, 2.24) is 4.90 Å². The third kappa shape index (κ3) is 4.28. The number of carbonyl (C=O) groups is 1. The van der Waals surface area contributed by atoms with Crippen LogP contribution in [0.3, 0.4) is 0 Å². The average molecular weight is 387 g/mol. The summed E-state index contributed by atoms with van der Waals surface area (Å²) in [5.74, 6) is 1.02. The first-order chi connectivity index (χ1) is 13.2. The van der Waals surface area contributed by atoms with Crippen LogP contribution in [-0.4, -0.2) is 29.7 Å². The highest BCUT2D eigenvalue weighted by atomic mass is 32.1. The summed E-state index contributed by atoms with van der Waals surface area (Å²) >= 11 is 1.72. The van der Waals surface area contributed by atoms with E-state index in [-0.39, 0.29) is 5.91 Å². The van der Waals surface area contributed by atoms with E-state index in [4.69, 9.17) is 9.47 Å². The van der Waals surface area contributed by atoms with Crippen molar-refractivity contribution in [3.05, 3.63) is 40.6 Å². The van der Waals surface area contributed by atoms with Crippen molar-refractivity contribution in [3.63, 3.8) is 0 Å². The van der Waals surface area contributed by atoms with E-state index in [2.05, 4.69) is 28.6 Å². The second-order valence-electron chi connectivity index (χ2n) is 7.27. The van der Waals surface area contributed by atoms with Crippen molar-refractivity contribution in [2.24, 2.45) is 0 Å². The fourth-order valence-electron chi connectivity index (χ4n) is 3.77. The number of nitrogens with one attached hydrogen (secondary N) is 1. The lowest BCUT2D eigenvalue weighted by atomic mass is 9.94. The topological polar surface area (TPSA) is 50.8 Å². The summed E-state index contributed by atoms with van der Waals surface area (Å²) in [5, 5.41) is 5.06. The number of amides is 1. The van der Waals surface area contributed by atoms with E-state index in [9.17, 15) is 4.79 Å². The largest absolute Gasteiger partial charge is 0.448 e. The minimum absolute atomic E-state index is 0.0142. The Morgan fingerprint density at radius 2 is 2.00 bits per heavy atom. The van der Waals surface area contributed by atoms with Gasteiger partial charge in [0.1, 0.15) is 0 Å². The van der Waals surface area contributed by atoms with Gasteiger partial charge in [0.05, 0.1) is 6.54 Å². The van der Waals surface area contributed by atoms with Crippen LogP contribution in [0.1, 0.15) is 43.9 Å². The van der Waals surface area contributed by atoms with Crippen LogP contribution in [0.4, 0.5) is 5.69 Å². The van der Waals surface area contributed by atoms with Crippen LogP contribution in [0.5, 0.6) is 11.5 Å². The third-order valence-corrected chi connectivity index (χ3v) is 6.07. The molecule has 6 heteroatoms. The van der Waals surface area contributed by atoms with Crippen molar-refractivity contribution in [2.75, 3.05) is 18.4 Å². The van der Waals surface area contributed by atoms with Crippen LogP contribution in [0.25, 0.3) is 0 Å². The number of anilines is 1. The second-order valence-corrected chi connectivity index (χ2v) is 8.30. The van der Waals surface area contributed by atoms with Gasteiger partial charge in [-0.15, -0.1) is 11.3 Å². The number of ether oxygens (including phenoxy) is 2. The zero-order chi connectivity index (χ0) is 18.7. The molecule has 1 aromatic carbocycles. The Morgan fingerprint density at radius 3 is 2.74 bits per heavy atom. The lowest BCUT2D eigenvalue weighted by Crippen LogP contribution is -2.40. The number of hydrogen-bond donors (Lipinski definition) is 1. The van der Waals surface area contributed by atoms with Gasteiger partial charge in [-0.25, -0.2) is 0 Å². The Balaban J connectivity index is 1.36. The van der Waals surface area contributed by atoms with Gasteiger partial charge in [-0.3, -0.25) is 9.69 Å². The lowest BCUT2D eigenvalue weighted by Gasteiger charge is -2.31. The van der Waals surface area contributed by atoms with Gasteiger partial charge < -0.3 is 14.8 Å². The highest BCUT2D eigenvalue weighted by Gasteiger charge is 2.42. The fraction of sp³-hybridized carbons (Fsp3) is 0.476. The number of nitrogens with zero attached hydrogens (tertiary/aromatic N) is 1. The molecule has 0 saturated heterocycles. The molecule has 1 saturated carbocycles. The predicted molar refractivity (Wildman–Crippen MR) is 107 cm³/mol. The number of hydrogen-bond acceptors (Lipinski definition) is 5. The second kappa shape index (κ2) is 7.90. The first kappa shape index (κ1) is 18.3. The molecular formula is C21H26N2O3S. The average Bonchev–Trinajstić information content (AvgIpc) is 3.28. The van der Waals surface area contributed by atoms with Crippen molar-refractivity contribution < 1.29 is 14.3 Å². The van der Waals surface area contributed by atoms with E-state index in [1.165, 1.54) is 11.3 Å². The third-order valence-electron chi connectivity index (χ3n) is 5.21. The van der Waals surface area contributed by atoms with Crippen molar-refractivity contribution in [3.8, 4) is 11.5 Å². The minimum Gasteiger partial charge on any atom is -0.448 e. The quantitative estimate of drug-likeness (QED) is 0.786. The van der Waals surface area contributed by atoms with Gasteiger partial charge in [0.25, 0.3) is 5.79 Å². The number of rotatable bonds is 6. The molecule has 1 fully saturated rings. The molecule has 0 radical (unpaired) electrons. The molecule has 0 atom stereocenters. The number of likely N-dealkylation sites (N-methyl/N-ethyl adjacent to an activating group) is 1. The molecular weight excluding hydrogens is 360 g/mol. The summed E-state index contributed by atoms with van der Waals surface area (Å²) in [7, 11) is 0. The van der Waals surface area contributed by atoms with Crippen LogP contribution < -0.4 is 14.8 Å². The van der Waals surface area contributed by atoms with Crippen LogP contribution in [0.15, 0.2) is 35.7 Å². The molecule has 27 heavy (non-hydrogen) atoms. The Morgan fingerprint density at radius 1 is 1.19 bits per heavy atom. The molecule has 1 aromatic heterocycles. The number of carbonyl (C=O) groups excluding carboxylic acids is 1. The van der Waals surface area contributed by atoms with Crippen molar-refractivity contribution in [1.29, 1.82) is 0 Å². The van der Waals surface area contributed by atoms with Gasteiger partial charge in [0.2, 0.25) is 5.91 Å². The molecule has 2 heterocycles. The molecule has 1 spiro atoms. The zero-order valence-electron chi connectivity index (χ0n) is 15.7. The number of thiophene rings is 1. The maximum Gasteiger partial charge on any atom is 0.251 e. The van der Waals surface area contributed by atoms with Crippen molar-refractivity contribution in [2.45, 2.75) is 51.4 Å². The molecule has 4 rings (SSSR count). The van der Waals surface area contributed by atoms with Gasteiger partial charge in [-0.1, -0.05) is 19.4 Å². The van der Waals surface area contributed by atoms with Gasteiger partial charge in [0, 0.05) is 36.0 Å². The molecule has 1 N–H and O–H groups in total. The van der Waals surface area contributed by atoms with Crippen LogP contribution >= 0.6 is 11.3 Å². The van der Waals surface area contributed by atoms with Gasteiger partial charge in [0.15, 0.2) is 11.5 Å². The Hall–Kier alpha value is -2.05. The Kier molecular flexibility index (Phi) is 5.36. The summed E-state index contributed by atoms with van der Waals surface area (Å²) in [6.07, 6.45) is 5.37. The molecule has 0 unspecified atom stereocenters. The van der Waals surface area contributed by atoms with Crippen LogP contribution in [0, 0.1) is 0 Å². The molecule has 1 aliphatic carbocycles. The lowest BCUT2D eigenvalue weighted by molar-refractivity contribution is -0.117. The Bertz CT molecular complexity index is 785. The Labute approximate surface area is 164 Å². The maximum atomic E-state index is 12.5. The highest BCUT2D eigenvalue weighted by molar-refractivity contribution is 7.09. The smallest absolute Gasteiger partial charge is 0.251 e. The van der Waals surface area contributed by atoms with Gasteiger partial charge in [-0.05, 0) is 43.0 Å². The molecule has 1 amide bonds. The first-order valence-corrected chi connectivity index (χ1v) is 10.6. The summed E-state index contributed by atoms with van der Waals surface area (Å²) in [5.41, 5.74) is 0.752. The SMILES string of the molecule is CCN(CC(=O)Nc1ccc2c(c1)OC1(CCCCC1)O2)Cc1cccs1. The van der Waals surface area contributed by atoms with E-state index in [1.54, 1.807) is 11.3 Å². The summed E-state index contributed by atoms with van der Waals surface area (Å²) in [6, 6.07) is 9.81. The molecule has 5 nitrogen and oxygen atoms in total. The fourth-order valence-corrected chi connectivity index (χ4v) is 4.52. The predicted octanol–water partition coefficient (Wildman–Crippen LogP) is 4.64. The van der Waals surface area contributed by atoms with E-state index < -0.39 is 5.79 Å². The molecule has 2 aliphatic rings. The van der Waals surface area contributed by atoms with E-state index in [0.29, 0.717) is 6.54 Å². The summed E-state index contributed by atoms with van der Waals surface area (Å²) < 4.78 is 12.2. The van der Waals surface area contributed by atoms with E-state index in [0.717, 1.165) is 56.0 Å². The van der Waals surface area contributed by atoms with Crippen LogP contribution in [0.2, 0.25) is 0 Å². The highest BCUT2D eigenvalue weighted by Crippen LogP contribution is 2.46. The standard InChI is InChI=1S/C21H26N2O3S/c1-2-23(14-17-7-6-12-27-17)15-20(24)22-16-8-9-18-19(13-16)26-21(25-18)10-4-3-5-11-21/h6-9,12-13H,2-5,10-11,14-15H2,1H3,(H,22,24). The monoisotopic (exact) mass is 386 g/mol. The minimum atomic E-state index is -0.483. The van der Waals surface area contributed by atoms with E-state index >= 15 is 0 Å². The summed E-state index contributed by atoms with van der Waals surface area (Å²) in [6.45, 7) is 4.07. The molecule has 2 aromatic rings. The first-order valence-electron chi connectivity index (χ1n) is 9.72. The van der Waals surface area contributed by atoms with Gasteiger partial charge in [-0.2, -0.15) is 0 Å². The number of benzene rings is 1. The maximum absolute atomic E-state index is 12.5. The zero-order valence-corrected chi connectivity index (χ0v) is 16.5. The van der Waals surface area contributed by atoms with Crippen LogP contribution in [-0.2, 0) is 11.3 Å². The van der Waals surface area contributed by atoms with Crippen molar-refractivity contribution >= 4 is 22.9 Å². The molecule has 1 aliphatic heterocycles. The molecule has 0 bridgehead atoms.